The Morgan fingerprint density at radius 3 is 2.26 bits per heavy atom. The molecule has 0 spiro atoms. The molecule has 0 unspecified atom stereocenters. The number of nitrogens with zero attached hydrogens (tertiary/aromatic N) is 1. The lowest BCUT2D eigenvalue weighted by molar-refractivity contribution is 0.0786. The maximum absolute atomic E-state index is 12.3. The molecule has 1 heterocycles. The summed E-state index contributed by atoms with van der Waals surface area (Å²) in [7, 11) is 1.81. The highest BCUT2D eigenvalue weighted by Crippen LogP contribution is 2.23. The Morgan fingerprint density at radius 1 is 1.11 bits per heavy atom. The van der Waals surface area contributed by atoms with Crippen LogP contribution in [0.15, 0.2) is 43.1 Å². The maximum atomic E-state index is 12.3. The van der Waals surface area contributed by atoms with Gasteiger partial charge in [0.15, 0.2) is 0 Å². The molecule has 0 radical (unpaired) electrons. The third-order valence-corrected chi connectivity index (χ3v) is 5.07. The average Bonchev–Trinajstić information content (AvgIpc) is 2.72. The van der Waals surface area contributed by atoms with Gasteiger partial charge < -0.3 is 4.90 Å². The Morgan fingerprint density at radius 2 is 1.74 bits per heavy atom. The summed E-state index contributed by atoms with van der Waals surface area (Å²) < 4.78 is 2.83. The van der Waals surface area contributed by atoms with Crippen molar-refractivity contribution in [2.45, 2.75) is 6.54 Å². The molecule has 0 aliphatic heterocycles. The molecule has 0 saturated carbocycles. The van der Waals surface area contributed by atoms with Gasteiger partial charge in [-0.1, -0.05) is 31.9 Å². The lowest BCUT2D eigenvalue weighted by atomic mass is 10.2. The molecular weight excluding hydrogens is 458 g/mol. The number of benzene rings is 1. The predicted octanol–water partition coefficient (Wildman–Crippen LogP) is 5.31. The van der Waals surface area contributed by atoms with E-state index in [1.165, 1.54) is 0 Å². The van der Waals surface area contributed by atoms with E-state index in [1.807, 2.05) is 36.7 Å². The molecule has 0 atom stereocenters. The molecule has 2 nitrogen and oxygen atoms in total. The fraction of sp³-hybridized carbons (Fsp3) is 0.154. The number of hydrogen-bond donors (Lipinski definition) is 0. The predicted molar refractivity (Wildman–Crippen MR) is 89.7 cm³/mol. The van der Waals surface area contributed by atoms with Crippen LogP contribution in [0.3, 0.4) is 0 Å². The van der Waals surface area contributed by atoms with Crippen LogP contribution < -0.4 is 0 Å². The normalized spacial score (nSPS) is 10.5. The minimum absolute atomic E-state index is 0.00604. The monoisotopic (exact) mass is 465 g/mol. The van der Waals surface area contributed by atoms with Crippen molar-refractivity contribution in [3.8, 4) is 0 Å². The molecule has 1 aromatic carbocycles. The summed E-state index contributed by atoms with van der Waals surface area (Å²) in [6.45, 7) is 0.610. The van der Waals surface area contributed by atoms with Gasteiger partial charge in [0.1, 0.15) is 0 Å². The summed E-state index contributed by atoms with van der Waals surface area (Å²) in [5, 5.41) is 2.02. The number of hydrogen-bond acceptors (Lipinski definition) is 2. The van der Waals surface area contributed by atoms with E-state index in [-0.39, 0.29) is 5.91 Å². The van der Waals surface area contributed by atoms with Crippen LogP contribution in [0.5, 0.6) is 0 Å². The number of carbonyl (C=O) groups is 1. The van der Waals surface area contributed by atoms with Crippen LogP contribution in [0.4, 0.5) is 0 Å². The topological polar surface area (TPSA) is 20.3 Å². The van der Waals surface area contributed by atoms with Crippen molar-refractivity contribution in [3.63, 3.8) is 0 Å². The summed E-state index contributed by atoms with van der Waals surface area (Å²) in [6.07, 6.45) is 0. The van der Waals surface area contributed by atoms with E-state index >= 15 is 0 Å². The summed E-state index contributed by atoms with van der Waals surface area (Å²) in [5.41, 5.74) is 0.666. The third-order valence-electron chi connectivity index (χ3n) is 2.47. The van der Waals surface area contributed by atoms with E-state index in [1.54, 1.807) is 16.2 Å². The largest absolute Gasteiger partial charge is 0.337 e. The minimum Gasteiger partial charge on any atom is -0.337 e. The van der Waals surface area contributed by atoms with Gasteiger partial charge in [-0.05, 0) is 40.2 Å². The summed E-state index contributed by atoms with van der Waals surface area (Å²) >= 11 is 11.8. The average molecular weight is 468 g/mol. The van der Waals surface area contributed by atoms with Gasteiger partial charge in [-0.2, -0.15) is 0 Å². The lowest BCUT2D eigenvalue weighted by Gasteiger charge is -2.16. The number of rotatable bonds is 3. The second kappa shape index (κ2) is 6.52. The second-order valence-electron chi connectivity index (χ2n) is 4.05. The van der Waals surface area contributed by atoms with Crippen molar-refractivity contribution in [1.29, 1.82) is 0 Å². The molecule has 6 heteroatoms. The highest BCUT2D eigenvalue weighted by Gasteiger charge is 2.14. The smallest absolute Gasteiger partial charge is 0.254 e. The summed E-state index contributed by atoms with van der Waals surface area (Å²) in [6, 6.07) is 7.60. The zero-order valence-corrected chi connectivity index (χ0v) is 15.6. The molecule has 100 valence electrons. The van der Waals surface area contributed by atoms with E-state index in [9.17, 15) is 4.79 Å². The molecule has 19 heavy (non-hydrogen) atoms. The van der Waals surface area contributed by atoms with Gasteiger partial charge in [0, 0.05) is 36.3 Å². The first-order valence-corrected chi connectivity index (χ1v) is 8.66. The first-order valence-electron chi connectivity index (χ1n) is 5.40. The molecule has 0 aliphatic rings. The molecule has 1 amide bonds. The van der Waals surface area contributed by atoms with Crippen molar-refractivity contribution < 1.29 is 4.79 Å². The zero-order chi connectivity index (χ0) is 14.0. The highest BCUT2D eigenvalue weighted by atomic mass is 79.9. The standard InChI is InChI=1S/C13H10Br3NOS/c1-17(6-12-5-11(16)7-19-12)13(18)8-2-9(14)4-10(15)3-8/h2-5,7H,6H2,1H3. The van der Waals surface area contributed by atoms with Crippen LogP contribution >= 0.6 is 59.1 Å². The van der Waals surface area contributed by atoms with Crippen LogP contribution in [-0.2, 0) is 6.54 Å². The Hall–Kier alpha value is -0.170. The molecule has 1 aromatic heterocycles. The Bertz CT molecular complexity index is 591. The number of carbonyl (C=O) groups excluding carboxylic acids is 1. The molecule has 0 bridgehead atoms. The van der Waals surface area contributed by atoms with Crippen molar-refractivity contribution in [2.24, 2.45) is 0 Å². The summed E-state index contributed by atoms with van der Waals surface area (Å²) in [5.74, 6) is 0.00604. The first kappa shape index (κ1) is 15.2. The third kappa shape index (κ3) is 4.15. The van der Waals surface area contributed by atoms with Crippen molar-refractivity contribution in [2.75, 3.05) is 7.05 Å². The van der Waals surface area contributed by atoms with Gasteiger partial charge in [0.25, 0.3) is 5.91 Å². The lowest BCUT2D eigenvalue weighted by Crippen LogP contribution is -2.25. The van der Waals surface area contributed by atoms with E-state index in [2.05, 4.69) is 47.8 Å². The highest BCUT2D eigenvalue weighted by molar-refractivity contribution is 9.11. The molecule has 0 saturated heterocycles. The van der Waals surface area contributed by atoms with Crippen molar-refractivity contribution >= 4 is 65.0 Å². The molecule has 2 aromatic rings. The summed E-state index contributed by atoms with van der Waals surface area (Å²) in [4.78, 5) is 15.2. The quantitative estimate of drug-likeness (QED) is 0.599. The van der Waals surface area contributed by atoms with Gasteiger partial charge >= 0.3 is 0 Å². The Labute approximate surface area is 141 Å². The molecule has 0 fully saturated rings. The Balaban J connectivity index is 2.14. The first-order chi connectivity index (χ1) is 8.95. The van der Waals surface area contributed by atoms with E-state index < -0.39 is 0 Å². The number of thiophene rings is 1. The zero-order valence-electron chi connectivity index (χ0n) is 9.99. The molecule has 0 N–H and O–H groups in total. The maximum Gasteiger partial charge on any atom is 0.254 e. The van der Waals surface area contributed by atoms with Crippen LogP contribution in [-0.4, -0.2) is 17.9 Å². The van der Waals surface area contributed by atoms with Gasteiger partial charge in [-0.15, -0.1) is 11.3 Å². The minimum atomic E-state index is 0.00604. The second-order valence-corrected chi connectivity index (χ2v) is 7.79. The van der Waals surface area contributed by atoms with Crippen LogP contribution in [0.25, 0.3) is 0 Å². The van der Waals surface area contributed by atoms with E-state index in [0.717, 1.165) is 18.3 Å². The van der Waals surface area contributed by atoms with E-state index in [0.29, 0.717) is 12.1 Å². The number of halogens is 3. The molecule has 0 aliphatic carbocycles. The van der Waals surface area contributed by atoms with Crippen LogP contribution in [0, 0.1) is 0 Å². The van der Waals surface area contributed by atoms with Gasteiger partial charge in [0.2, 0.25) is 0 Å². The fourth-order valence-electron chi connectivity index (χ4n) is 1.64. The van der Waals surface area contributed by atoms with Gasteiger partial charge in [-0.25, -0.2) is 0 Å². The van der Waals surface area contributed by atoms with Crippen LogP contribution in [0.2, 0.25) is 0 Å². The van der Waals surface area contributed by atoms with Crippen LogP contribution in [0.1, 0.15) is 15.2 Å². The molecular formula is C13H10Br3NOS. The van der Waals surface area contributed by atoms with Gasteiger partial charge in [-0.3, -0.25) is 4.79 Å². The van der Waals surface area contributed by atoms with E-state index in [4.69, 9.17) is 0 Å². The Kier molecular flexibility index (Phi) is 5.22. The fourth-order valence-corrected chi connectivity index (χ4v) is 4.44. The van der Waals surface area contributed by atoms with Crippen molar-refractivity contribution in [3.05, 3.63) is 53.5 Å². The van der Waals surface area contributed by atoms with Crippen molar-refractivity contribution in [1.82, 2.24) is 4.90 Å². The number of amides is 1. The molecule has 2 rings (SSSR count). The van der Waals surface area contributed by atoms with Gasteiger partial charge in [0.05, 0.1) is 6.54 Å². The SMILES string of the molecule is CN(Cc1cc(Br)cs1)C(=O)c1cc(Br)cc(Br)c1.